The summed E-state index contributed by atoms with van der Waals surface area (Å²) in [6.45, 7) is 3.48. The monoisotopic (exact) mass is 354 g/mol. The zero-order valence-electron chi connectivity index (χ0n) is 11.9. The Hall–Kier alpha value is -2.39. The van der Waals surface area contributed by atoms with E-state index in [0.717, 1.165) is 11.1 Å². The second-order valence-electron chi connectivity index (χ2n) is 4.20. The molecular formula is C14H14N2O5S2. The number of amides is 1. The molecule has 0 aliphatic carbocycles. The summed E-state index contributed by atoms with van der Waals surface area (Å²) in [7, 11) is 0. The molecule has 0 fully saturated rings. The van der Waals surface area contributed by atoms with Crippen LogP contribution in [0.15, 0.2) is 46.6 Å². The summed E-state index contributed by atoms with van der Waals surface area (Å²) in [4.78, 5) is 38.3. The molecule has 0 aromatic carbocycles. The van der Waals surface area contributed by atoms with Gasteiger partial charge in [0.15, 0.2) is 5.71 Å². The van der Waals surface area contributed by atoms with E-state index >= 15 is 0 Å². The first-order chi connectivity index (χ1) is 10.8. The van der Waals surface area contributed by atoms with Crippen molar-refractivity contribution >= 4 is 47.5 Å². The average Bonchev–Trinajstić information content (AvgIpc) is 2.98. The van der Waals surface area contributed by atoms with E-state index in [1.807, 2.05) is 0 Å². The molecule has 1 aromatic heterocycles. The second-order valence-corrected chi connectivity index (χ2v) is 5.55. The summed E-state index contributed by atoms with van der Waals surface area (Å²) < 4.78 is 0. The standard InChI is InChI=1S/C14H14N2O5S2/c1-8(7-22)12(14(20)21)15-6-10(13(18)19)16-11(17)5-9-3-2-4-23-9/h2-4,6,22H,1,5,7H2,(H,16,17)(H,18,19)(H,20,21)/b10-6+,15-12?. The Labute approximate surface area is 141 Å². The average molecular weight is 354 g/mol. The van der Waals surface area contributed by atoms with Gasteiger partial charge in [-0.3, -0.25) is 4.79 Å². The molecular weight excluding hydrogens is 340 g/mol. The largest absolute Gasteiger partial charge is 0.477 e. The van der Waals surface area contributed by atoms with Crippen LogP contribution in [0.1, 0.15) is 4.88 Å². The van der Waals surface area contributed by atoms with Crippen LogP contribution in [-0.2, 0) is 20.8 Å². The normalized spacial score (nSPS) is 11.9. The number of thiol groups is 1. The van der Waals surface area contributed by atoms with E-state index < -0.39 is 29.3 Å². The van der Waals surface area contributed by atoms with Gasteiger partial charge in [-0.05, 0) is 17.0 Å². The van der Waals surface area contributed by atoms with Crippen molar-refractivity contribution in [3.8, 4) is 0 Å². The molecule has 1 rings (SSSR count). The molecule has 0 spiro atoms. The van der Waals surface area contributed by atoms with Crippen LogP contribution in [0.3, 0.4) is 0 Å². The quantitative estimate of drug-likeness (QED) is 0.319. The number of carbonyl (C=O) groups is 3. The van der Waals surface area contributed by atoms with E-state index in [2.05, 4.69) is 29.5 Å². The van der Waals surface area contributed by atoms with Crippen molar-refractivity contribution in [2.45, 2.75) is 6.42 Å². The predicted molar refractivity (Wildman–Crippen MR) is 89.9 cm³/mol. The van der Waals surface area contributed by atoms with Crippen molar-refractivity contribution in [1.82, 2.24) is 5.32 Å². The minimum Gasteiger partial charge on any atom is -0.477 e. The first-order valence-electron chi connectivity index (χ1n) is 6.21. The molecule has 0 aliphatic heterocycles. The van der Waals surface area contributed by atoms with E-state index in [9.17, 15) is 14.4 Å². The molecule has 122 valence electrons. The summed E-state index contributed by atoms with van der Waals surface area (Å²) in [6, 6.07) is 3.51. The Bertz CT molecular complexity index is 677. The lowest BCUT2D eigenvalue weighted by atomic mass is 10.2. The number of carboxylic acid groups (broad SMARTS) is 2. The number of aliphatic imine (C=N–C) groups is 1. The predicted octanol–water partition coefficient (Wildman–Crippen LogP) is 1.34. The first kappa shape index (κ1) is 18.7. The molecule has 3 N–H and O–H groups in total. The Morgan fingerprint density at radius 2 is 2.04 bits per heavy atom. The number of carbonyl (C=O) groups excluding carboxylic acids is 1. The van der Waals surface area contributed by atoms with Gasteiger partial charge in [0.05, 0.1) is 12.6 Å². The molecule has 0 saturated carbocycles. The van der Waals surface area contributed by atoms with Gasteiger partial charge < -0.3 is 15.5 Å². The fourth-order valence-electron chi connectivity index (χ4n) is 1.41. The number of thiophene rings is 1. The maximum atomic E-state index is 11.8. The van der Waals surface area contributed by atoms with E-state index in [-0.39, 0.29) is 17.7 Å². The molecule has 0 bridgehead atoms. The molecule has 0 radical (unpaired) electrons. The van der Waals surface area contributed by atoms with Crippen molar-refractivity contribution in [3.05, 3.63) is 46.4 Å². The molecule has 7 nitrogen and oxygen atoms in total. The number of nitrogens with zero attached hydrogens (tertiary/aromatic N) is 1. The number of hydrogen-bond acceptors (Lipinski definition) is 6. The van der Waals surface area contributed by atoms with Crippen LogP contribution in [-0.4, -0.2) is 39.5 Å². The van der Waals surface area contributed by atoms with Crippen LogP contribution < -0.4 is 5.32 Å². The van der Waals surface area contributed by atoms with Gasteiger partial charge in [-0.25, -0.2) is 14.6 Å². The smallest absolute Gasteiger partial charge is 0.354 e. The highest BCUT2D eigenvalue weighted by molar-refractivity contribution is 7.80. The van der Waals surface area contributed by atoms with Crippen LogP contribution in [0.5, 0.6) is 0 Å². The van der Waals surface area contributed by atoms with E-state index in [1.165, 1.54) is 11.3 Å². The summed E-state index contributed by atoms with van der Waals surface area (Å²) in [5.74, 6) is -3.29. The summed E-state index contributed by atoms with van der Waals surface area (Å²) in [5, 5.41) is 22.0. The number of hydrogen-bond donors (Lipinski definition) is 4. The minimum absolute atomic E-state index is 0.0150. The topological polar surface area (TPSA) is 116 Å². The summed E-state index contributed by atoms with van der Waals surface area (Å²) >= 11 is 5.25. The van der Waals surface area contributed by atoms with Gasteiger partial charge in [0.25, 0.3) is 0 Å². The molecule has 0 saturated heterocycles. The molecule has 9 heteroatoms. The van der Waals surface area contributed by atoms with Crippen molar-refractivity contribution in [1.29, 1.82) is 0 Å². The van der Waals surface area contributed by atoms with Crippen LogP contribution in [0, 0.1) is 0 Å². The van der Waals surface area contributed by atoms with E-state index in [1.54, 1.807) is 17.5 Å². The van der Waals surface area contributed by atoms with Gasteiger partial charge in [-0.2, -0.15) is 12.6 Å². The fourth-order valence-corrected chi connectivity index (χ4v) is 2.26. The Morgan fingerprint density at radius 1 is 1.35 bits per heavy atom. The second kappa shape index (κ2) is 8.91. The minimum atomic E-state index is -1.44. The summed E-state index contributed by atoms with van der Waals surface area (Å²) in [6.07, 6.45) is 0.786. The third-order valence-corrected chi connectivity index (χ3v) is 3.73. The zero-order chi connectivity index (χ0) is 17.4. The molecule has 0 unspecified atom stereocenters. The Kier molecular flexibility index (Phi) is 7.23. The third kappa shape index (κ3) is 6.09. The van der Waals surface area contributed by atoms with Crippen molar-refractivity contribution in [3.63, 3.8) is 0 Å². The number of carboxylic acids is 2. The third-order valence-electron chi connectivity index (χ3n) is 2.47. The van der Waals surface area contributed by atoms with E-state index in [4.69, 9.17) is 10.2 Å². The number of rotatable bonds is 8. The first-order valence-corrected chi connectivity index (χ1v) is 7.72. The highest BCUT2D eigenvalue weighted by Gasteiger charge is 2.15. The zero-order valence-corrected chi connectivity index (χ0v) is 13.6. The van der Waals surface area contributed by atoms with E-state index in [0.29, 0.717) is 0 Å². The lowest BCUT2D eigenvalue weighted by Gasteiger charge is -2.05. The van der Waals surface area contributed by atoms with Crippen LogP contribution in [0.2, 0.25) is 0 Å². The molecule has 0 aliphatic rings. The van der Waals surface area contributed by atoms with Gasteiger partial charge in [0, 0.05) is 10.6 Å². The fraction of sp³-hybridized carbons (Fsp3) is 0.143. The van der Waals surface area contributed by atoms with Crippen LogP contribution in [0.4, 0.5) is 0 Å². The van der Waals surface area contributed by atoms with Gasteiger partial charge in [-0.1, -0.05) is 12.6 Å². The molecule has 0 atom stereocenters. The molecule has 1 amide bonds. The van der Waals surface area contributed by atoms with Crippen molar-refractivity contribution in [2.75, 3.05) is 5.75 Å². The van der Waals surface area contributed by atoms with Gasteiger partial charge in [0.2, 0.25) is 5.91 Å². The lowest BCUT2D eigenvalue weighted by Crippen LogP contribution is -2.28. The van der Waals surface area contributed by atoms with Crippen LogP contribution >= 0.6 is 24.0 Å². The Morgan fingerprint density at radius 3 is 2.52 bits per heavy atom. The number of nitrogens with one attached hydrogen (secondary N) is 1. The highest BCUT2D eigenvalue weighted by atomic mass is 32.1. The Balaban J connectivity index is 2.92. The van der Waals surface area contributed by atoms with Crippen LogP contribution in [0.25, 0.3) is 0 Å². The van der Waals surface area contributed by atoms with Gasteiger partial charge >= 0.3 is 11.9 Å². The van der Waals surface area contributed by atoms with Gasteiger partial charge in [-0.15, -0.1) is 11.3 Å². The maximum absolute atomic E-state index is 11.8. The number of aliphatic carboxylic acids is 2. The highest BCUT2D eigenvalue weighted by Crippen LogP contribution is 2.09. The van der Waals surface area contributed by atoms with Gasteiger partial charge in [0.1, 0.15) is 5.70 Å². The SMILES string of the molecule is C=C(CS)C(=N/C=C(/NC(=O)Cc1cccs1)C(=O)O)C(=O)O. The maximum Gasteiger partial charge on any atom is 0.354 e. The molecule has 23 heavy (non-hydrogen) atoms. The molecule has 1 aromatic rings. The lowest BCUT2D eigenvalue weighted by molar-refractivity contribution is -0.134. The summed E-state index contributed by atoms with van der Waals surface area (Å²) in [5.41, 5.74) is -0.838. The molecule has 1 heterocycles. The van der Waals surface area contributed by atoms with Crippen molar-refractivity contribution < 1.29 is 24.6 Å². The van der Waals surface area contributed by atoms with Crippen molar-refractivity contribution in [2.24, 2.45) is 4.99 Å².